The highest BCUT2D eigenvalue weighted by molar-refractivity contribution is 9.10. The van der Waals surface area contributed by atoms with Gasteiger partial charge < -0.3 is 10.5 Å². The highest BCUT2D eigenvalue weighted by Crippen LogP contribution is 2.22. The second-order valence-corrected chi connectivity index (χ2v) is 3.56. The van der Waals surface area contributed by atoms with Gasteiger partial charge in [0.1, 0.15) is 12.4 Å². The minimum Gasteiger partial charge on any atom is -0.489 e. The normalized spacial score (nSPS) is 10.6. The molecular formula is C9H9BrClNO. The summed E-state index contributed by atoms with van der Waals surface area (Å²) in [6.45, 7) is 0.444. The third kappa shape index (κ3) is 3.70. The first-order chi connectivity index (χ1) is 6.22. The molecule has 2 N–H and O–H groups in total. The van der Waals surface area contributed by atoms with Crippen LogP contribution in [0, 0.1) is 0 Å². The van der Waals surface area contributed by atoms with Crippen molar-refractivity contribution in [3.8, 4) is 5.75 Å². The summed E-state index contributed by atoms with van der Waals surface area (Å²) in [5, 5.41) is 0. The van der Waals surface area contributed by atoms with Gasteiger partial charge in [0, 0.05) is 21.8 Å². The molecule has 2 nitrogen and oxygen atoms in total. The van der Waals surface area contributed by atoms with E-state index in [0.717, 1.165) is 10.2 Å². The van der Waals surface area contributed by atoms with Gasteiger partial charge in [0.2, 0.25) is 0 Å². The zero-order chi connectivity index (χ0) is 9.68. The predicted molar refractivity (Wildman–Crippen MR) is 59.0 cm³/mol. The summed E-state index contributed by atoms with van der Waals surface area (Å²) in [4.78, 5) is 0. The Labute approximate surface area is 90.5 Å². The Morgan fingerprint density at radius 3 is 2.85 bits per heavy atom. The van der Waals surface area contributed by atoms with Crippen molar-refractivity contribution in [2.75, 3.05) is 12.3 Å². The van der Waals surface area contributed by atoms with Crippen LogP contribution in [0.4, 0.5) is 5.69 Å². The van der Waals surface area contributed by atoms with Crippen LogP contribution in [0.5, 0.6) is 5.75 Å². The monoisotopic (exact) mass is 261 g/mol. The van der Waals surface area contributed by atoms with E-state index in [1.165, 1.54) is 5.54 Å². The summed E-state index contributed by atoms with van der Waals surface area (Å²) in [7, 11) is 0. The number of nitrogens with two attached hydrogens (primary N) is 1. The first kappa shape index (κ1) is 10.4. The molecule has 0 spiro atoms. The van der Waals surface area contributed by atoms with Crippen molar-refractivity contribution in [2.45, 2.75) is 0 Å². The summed E-state index contributed by atoms with van der Waals surface area (Å²) in [6.07, 6.45) is 1.71. The van der Waals surface area contributed by atoms with Crippen LogP contribution in [0.2, 0.25) is 0 Å². The fraction of sp³-hybridized carbons (Fsp3) is 0.111. The second kappa shape index (κ2) is 5.14. The molecule has 0 aromatic heterocycles. The summed E-state index contributed by atoms with van der Waals surface area (Å²) in [5.41, 5.74) is 7.69. The predicted octanol–water partition coefficient (Wildman–Crippen LogP) is 3.16. The topological polar surface area (TPSA) is 35.2 Å². The van der Waals surface area contributed by atoms with Gasteiger partial charge in [0.15, 0.2) is 0 Å². The van der Waals surface area contributed by atoms with E-state index in [1.807, 2.05) is 12.1 Å². The largest absolute Gasteiger partial charge is 0.489 e. The summed E-state index contributed by atoms with van der Waals surface area (Å²) < 4.78 is 6.23. The molecule has 1 rings (SSSR count). The molecule has 0 bridgehead atoms. The average molecular weight is 263 g/mol. The van der Waals surface area contributed by atoms with Crippen LogP contribution >= 0.6 is 27.5 Å². The first-order valence-corrected chi connectivity index (χ1v) is 4.89. The molecule has 13 heavy (non-hydrogen) atoms. The standard InChI is InChI=1S/C9H9BrClNO/c10-7-4-8(12)6-9(5-7)13-3-1-2-11/h1-2,4-6H,3,12H2/b2-1+. The van der Waals surface area contributed by atoms with Crippen molar-refractivity contribution in [1.82, 2.24) is 0 Å². The Morgan fingerprint density at radius 1 is 1.46 bits per heavy atom. The molecule has 0 saturated carbocycles. The average Bonchev–Trinajstić information content (AvgIpc) is 2.03. The van der Waals surface area contributed by atoms with Gasteiger partial charge in [0.05, 0.1) is 0 Å². The van der Waals surface area contributed by atoms with Gasteiger partial charge in [-0.2, -0.15) is 0 Å². The van der Waals surface area contributed by atoms with Crippen molar-refractivity contribution < 1.29 is 4.74 Å². The number of ether oxygens (including phenoxy) is 1. The number of rotatable bonds is 3. The first-order valence-electron chi connectivity index (χ1n) is 3.66. The molecule has 0 amide bonds. The molecule has 0 fully saturated rings. The van der Waals surface area contributed by atoms with Crippen molar-refractivity contribution >= 4 is 33.2 Å². The SMILES string of the molecule is Nc1cc(Br)cc(OC/C=C/Cl)c1. The number of anilines is 1. The van der Waals surface area contributed by atoms with Gasteiger partial charge in [-0.15, -0.1) is 0 Å². The van der Waals surface area contributed by atoms with Gasteiger partial charge in [-0.1, -0.05) is 27.5 Å². The van der Waals surface area contributed by atoms with E-state index >= 15 is 0 Å². The molecule has 4 heteroatoms. The quantitative estimate of drug-likeness (QED) is 0.849. The molecule has 0 radical (unpaired) electrons. The lowest BCUT2D eigenvalue weighted by molar-refractivity contribution is 0.363. The van der Waals surface area contributed by atoms with E-state index in [9.17, 15) is 0 Å². The van der Waals surface area contributed by atoms with Crippen LogP contribution in [0.15, 0.2) is 34.3 Å². The smallest absolute Gasteiger partial charge is 0.122 e. The maximum Gasteiger partial charge on any atom is 0.122 e. The number of benzene rings is 1. The van der Waals surface area contributed by atoms with Crippen LogP contribution in [-0.2, 0) is 0 Å². The van der Waals surface area contributed by atoms with E-state index in [4.69, 9.17) is 22.1 Å². The zero-order valence-electron chi connectivity index (χ0n) is 6.84. The molecular weight excluding hydrogens is 253 g/mol. The maximum atomic E-state index is 5.61. The van der Waals surface area contributed by atoms with E-state index in [1.54, 1.807) is 12.1 Å². The Hall–Kier alpha value is -0.670. The van der Waals surface area contributed by atoms with E-state index in [-0.39, 0.29) is 0 Å². The number of halogens is 2. The van der Waals surface area contributed by atoms with Gasteiger partial charge in [-0.05, 0) is 18.2 Å². The Kier molecular flexibility index (Phi) is 4.12. The van der Waals surface area contributed by atoms with E-state index in [2.05, 4.69) is 15.9 Å². The lowest BCUT2D eigenvalue weighted by Crippen LogP contribution is -1.94. The van der Waals surface area contributed by atoms with E-state index < -0.39 is 0 Å². The third-order valence-electron chi connectivity index (χ3n) is 1.33. The van der Waals surface area contributed by atoms with E-state index in [0.29, 0.717) is 12.3 Å². The number of nitrogen functional groups attached to an aromatic ring is 1. The minimum absolute atomic E-state index is 0.444. The molecule has 0 aliphatic heterocycles. The summed E-state index contributed by atoms with van der Waals surface area (Å²) in [6, 6.07) is 5.41. The molecule has 70 valence electrons. The maximum absolute atomic E-state index is 5.61. The van der Waals surface area contributed by atoms with Crippen molar-refractivity contribution in [2.24, 2.45) is 0 Å². The number of hydrogen-bond donors (Lipinski definition) is 1. The number of hydrogen-bond acceptors (Lipinski definition) is 2. The molecule has 0 saturated heterocycles. The van der Waals surface area contributed by atoms with Gasteiger partial charge in [-0.25, -0.2) is 0 Å². The van der Waals surface area contributed by atoms with Crippen LogP contribution in [-0.4, -0.2) is 6.61 Å². The van der Waals surface area contributed by atoms with Gasteiger partial charge in [-0.3, -0.25) is 0 Å². The lowest BCUT2D eigenvalue weighted by Gasteiger charge is -2.04. The Bertz CT molecular complexity index is 294. The van der Waals surface area contributed by atoms with Crippen LogP contribution in [0.3, 0.4) is 0 Å². The van der Waals surface area contributed by atoms with Gasteiger partial charge in [0.25, 0.3) is 0 Å². The molecule has 0 heterocycles. The second-order valence-electron chi connectivity index (χ2n) is 2.39. The molecule has 0 aliphatic carbocycles. The summed E-state index contributed by atoms with van der Waals surface area (Å²) in [5.74, 6) is 0.724. The fourth-order valence-electron chi connectivity index (χ4n) is 0.848. The lowest BCUT2D eigenvalue weighted by atomic mass is 10.3. The van der Waals surface area contributed by atoms with Gasteiger partial charge >= 0.3 is 0 Å². The molecule has 1 aromatic rings. The van der Waals surface area contributed by atoms with Crippen LogP contribution in [0.25, 0.3) is 0 Å². The summed E-state index contributed by atoms with van der Waals surface area (Å²) >= 11 is 8.65. The highest BCUT2D eigenvalue weighted by Gasteiger charge is 1.96. The Balaban J connectivity index is 2.66. The third-order valence-corrected chi connectivity index (χ3v) is 1.96. The fourth-order valence-corrected chi connectivity index (χ4v) is 1.41. The van der Waals surface area contributed by atoms with Crippen molar-refractivity contribution in [3.05, 3.63) is 34.3 Å². The molecule has 1 aromatic carbocycles. The molecule has 0 aliphatic rings. The minimum atomic E-state index is 0.444. The van der Waals surface area contributed by atoms with Crippen molar-refractivity contribution in [3.63, 3.8) is 0 Å². The van der Waals surface area contributed by atoms with Crippen LogP contribution < -0.4 is 10.5 Å². The van der Waals surface area contributed by atoms with Crippen molar-refractivity contribution in [1.29, 1.82) is 0 Å². The zero-order valence-corrected chi connectivity index (χ0v) is 9.18. The molecule has 0 atom stereocenters. The Morgan fingerprint density at radius 2 is 2.23 bits per heavy atom. The molecule has 0 unspecified atom stereocenters. The highest BCUT2D eigenvalue weighted by atomic mass is 79.9. The van der Waals surface area contributed by atoms with Crippen LogP contribution in [0.1, 0.15) is 0 Å².